The van der Waals surface area contributed by atoms with Gasteiger partial charge in [0.2, 0.25) is 5.91 Å². The van der Waals surface area contributed by atoms with Crippen molar-refractivity contribution in [3.05, 3.63) is 39.9 Å². The minimum Gasteiger partial charge on any atom is -0.339 e. The Morgan fingerprint density at radius 1 is 1.40 bits per heavy atom. The van der Waals surface area contributed by atoms with Gasteiger partial charge in [-0.2, -0.15) is 0 Å². The molecule has 0 N–H and O–H groups in total. The highest BCUT2D eigenvalue weighted by molar-refractivity contribution is 5.77. The van der Waals surface area contributed by atoms with E-state index in [1.807, 2.05) is 27.7 Å². The minimum atomic E-state index is -0.423. The predicted octanol–water partition coefficient (Wildman–Crippen LogP) is 3.55. The molecule has 5 heteroatoms. The Morgan fingerprint density at radius 3 is 2.50 bits per heavy atom. The highest BCUT2D eigenvalue weighted by atomic mass is 16.6. The molecule has 0 saturated carbocycles. The van der Waals surface area contributed by atoms with Crippen LogP contribution >= 0.6 is 0 Å². The van der Waals surface area contributed by atoms with Crippen LogP contribution in [0.5, 0.6) is 0 Å². The van der Waals surface area contributed by atoms with Crippen LogP contribution in [0.15, 0.2) is 24.3 Å². The van der Waals surface area contributed by atoms with Gasteiger partial charge in [0, 0.05) is 25.6 Å². The second kappa shape index (κ2) is 6.03. The van der Waals surface area contributed by atoms with Crippen LogP contribution < -0.4 is 0 Å². The van der Waals surface area contributed by atoms with Gasteiger partial charge in [-0.1, -0.05) is 32.9 Å². The Morgan fingerprint density at radius 2 is 2.00 bits per heavy atom. The summed E-state index contributed by atoms with van der Waals surface area (Å²) in [5.41, 5.74) is 0.739. The number of carbonyl (C=O) groups is 1. The molecule has 0 aliphatic heterocycles. The molecule has 1 aromatic carbocycles. The summed E-state index contributed by atoms with van der Waals surface area (Å²) in [5, 5.41) is 10.8. The predicted molar refractivity (Wildman–Crippen MR) is 78.4 cm³/mol. The molecular formula is C15H22N2O3. The van der Waals surface area contributed by atoms with Crippen molar-refractivity contribution in [1.82, 2.24) is 4.90 Å². The molecule has 0 saturated heterocycles. The molecule has 0 bridgehead atoms. The smallest absolute Gasteiger partial charge is 0.269 e. The van der Waals surface area contributed by atoms with Gasteiger partial charge in [0.25, 0.3) is 5.69 Å². The molecule has 0 aliphatic carbocycles. The van der Waals surface area contributed by atoms with Crippen LogP contribution in [0.4, 0.5) is 5.69 Å². The van der Waals surface area contributed by atoms with Gasteiger partial charge >= 0.3 is 0 Å². The number of carbonyl (C=O) groups excluding carboxylic acids is 1. The van der Waals surface area contributed by atoms with Crippen molar-refractivity contribution in [2.24, 2.45) is 5.41 Å². The summed E-state index contributed by atoms with van der Waals surface area (Å²) >= 11 is 0. The van der Waals surface area contributed by atoms with Crippen LogP contribution in [0.2, 0.25) is 0 Å². The first-order chi connectivity index (χ1) is 9.11. The summed E-state index contributed by atoms with van der Waals surface area (Å²) < 4.78 is 0. The van der Waals surface area contributed by atoms with E-state index >= 15 is 0 Å². The molecule has 0 fully saturated rings. The second-order valence-corrected chi connectivity index (χ2v) is 6.27. The van der Waals surface area contributed by atoms with Crippen molar-refractivity contribution in [2.75, 3.05) is 7.05 Å². The van der Waals surface area contributed by atoms with Gasteiger partial charge in [0.15, 0.2) is 0 Å². The Bertz CT molecular complexity index is 506. The Kier molecular flexibility index (Phi) is 4.87. The maximum Gasteiger partial charge on any atom is 0.269 e. The van der Waals surface area contributed by atoms with Gasteiger partial charge in [-0.25, -0.2) is 0 Å². The summed E-state index contributed by atoms with van der Waals surface area (Å²) in [5.74, 6) is 0.0384. The van der Waals surface area contributed by atoms with E-state index in [-0.39, 0.29) is 23.1 Å². The molecule has 20 heavy (non-hydrogen) atoms. The Balaban J connectivity index is 2.88. The van der Waals surface area contributed by atoms with E-state index in [0.717, 1.165) is 5.56 Å². The Labute approximate surface area is 119 Å². The zero-order valence-corrected chi connectivity index (χ0v) is 12.7. The van der Waals surface area contributed by atoms with Crippen LogP contribution in [0.1, 0.15) is 45.7 Å². The molecular weight excluding hydrogens is 256 g/mol. The number of hydrogen-bond acceptors (Lipinski definition) is 3. The third kappa shape index (κ3) is 4.33. The van der Waals surface area contributed by atoms with E-state index in [0.29, 0.717) is 6.42 Å². The number of non-ortho nitro benzene ring substituents is 1. The largest absolute Gasteiger partial charge is 0.339 e. The van der Waals surface area contributed by atoms with Gasteiger partial charge in [-0.15, -0.1) is 0 Å². The van der Waals surface area contributed by atoms with E-state index in [9.17, 15) is 14.9 Å². The van der Waals surface area contributed by atoms with Gasteiger partial charge in [-0.3, -0.25) is 14.9 Å². The molecule has 0 aromatic heterocycles. The van der Waals surface area contributed by atoms with Gasteiger partial charge in [-0.05, 0) is 17.9 Å². The molecule has 1 aromatic rings. The average molecular weight is 278 g/mol. The number of nitrogens with zero attached hydrogens (tertiary/aromatic N) is 2. The SMILES string of the molecule is C[C@@H](c1cccc([N+](=O)[O-])c1)N(C)C(=O)CC(C)(C)C. The quantitative estimate of drug-likeness (QED) is 0.625. The Hall–Kier alpha value is -1.91. The number of amides is 1. The number of nitro groups is 1. The lowest BCUT2D eigenvalue weighted by Gasteiger charge is -2.28. The lowest BCUT2D eigenvalue weighted by Crippen LogP contribution is -2.32. The fourth-order valence-electron chi connectivity index (χ4n) is 1.92. The fourth-order valence-corrected chi connectivity index (χ4v) is 1.92. The highest BCUT2D eigenvalue weighted by Gasteiger charge is 2.23. The molecule has 0 heterocycles. The second-order valence-electron chi connectivity index (χ2n) is 6.27. The van der Waals surface area contributed by atoms with Crippen molar-refractivity contribution in [2.45, 2.75) is 40.2 Å². The molecule has 1 amide bonds. The monoisotopic (exact) mass is 278 g/mol. The first-order valence-corrected chi connectivity index (χ1v) is 6.62. The van der Waals surface area contributed by atoms with Crippen molar-refractivity contribution in [3.63, 3.8) is 0 Å². The van der Waals surface area contributed by atoms with Crippen LogP contribution in [0.3, 0.4) is 0 Å². The molecule has 0 spiro atoms. The summed E-state index contributed by atoms with van der Waals surface area (Å²) in [4.78, 5) is 24.2. The molecule has 0 radical (unpaired) electrons. The third-order valence-electron chi connectivity index (χ3n) is 3.22. The molecule has 1 atom stereocenters. The van der Waals surface area contributed by atoms with E-state index < -0.39 is 4.92 Å². The van der Waals surface area contributed by atoms with Crippen LogP contribution in [0.25, 0.3) is 0 Å². The highest BCUT2D eigenvalue weighted by Crippen LogP contribution is 2.26. The molecule has 0 aliphatic rings. The van der Waals surface area contributed by atoms with E-state index in [1.54, 1.807) is 24.1 Å². The van der Waals surface area contributed by atoms with Crippen molar-refractivity contribution in [3.8, 4) is 0 Å². The van der Waals surface area contributed by atoms with Crippen molar-refractivity contribution < 1.29 is 9.72 Å². The first kappa shape index (κ1) is 16.1. The number of benzene rings is 1. The maximum absolute atomic E-state index is 12.2. The first-order valence-electron chi connectivity index (χ1n) is 6.62. The standard InChI is InChI=1S/C15H22N2O3/c1-11(16(5)14(18)10-15(2,3)4)12-7-6-8-13(9-12)17(19)20/h6-9,11H,10H2,1-5H3/t11-/m0/s1. The lowest BCUT2D eigenvalue weighted by molar-refractivity contribution is -0.384. The zero-order valence-electron chi connectivity index (χ0n) is 12.7. The summed E-state index contributed by atoms with van der Waals surface area (Å²) in [6, 6.07) is 6.23. The lowest BCUT2D eigenvalue weighted by atomic mass is 9.91. The normalized spacial score (nSPS) is 12.8. The van der Waals surface area contributed by atoms with Crippen LogP contribution in [-0.4, -0.2) is 22.8 Å². The molecule has 110 valence electrons. The zero-order chi connectivity index (χ0) is 15.5. The topological polar surface area (TPSA) is 63.5 Å². The molecule has 0 unspecified atom stereocenters. The molecule has 5 nitrogen and oxygen atoms in total. The van der Waals surface area contributed by atoms with Crippen LogP contribution in [0, 0.1) is 15.5 Å². The van der Waals surface area contributed by atoms with E-state index in [1.165, 1.54) is 12.1 Å². The fraction of sp³-hybridized carbons (Fsp3) is 0.533. The van der Waals surface area contributed by atoms with Gasteiger partial charge in [0.1, 0.15) is 0 Å². The van der Waals surface area contributed by atoms with E-state index in [4.69, 9.17) is 0 Å². The van der Waals surface area contributed by atoms with E-state index in [2.05, 4.69) is 0 Å². The minimum absolute atomic E-state index is 0.0384. The average Bonchev–Trinajstić information content (AvgIpc) is 2.35. The number of hydrogen-bond donors (Lipinski definition) is 0. The summed E-state index contributed by atoms with van der Waals surface area (Å²) in [6.07, 6.45) is 0.447. The van der Waals surface area contributed by atoms with Gasteiger partial charge < -0.3 is 4.90 Å². The number of nitro benzene ring substituents is 1. The molecule has 1 rings (SSSR count). The number of rotatable bonds is 4. The van der Waals surface area contributed by atoms with Crippen LogP contribution in [-0.2, 0) is 4.79 Å². The summed E-state index contributed by atoms with van der Waals surface area (Å²) in [6.45, 7) is 7.91. The van der Waals surface area contributed by atoms with Crippen molar-refractivity contribution >= 4 is 11.6 Å². The third-order valence-corrected chi connectivity index (χ3v) is 3.22. The maximum atomic E-state index is 12.2. The van der Waals surface area contributed by atoms with Gasteiger partial charge in [0.05, 0.1) is 11.0 Å². The van der Waals surface area contributed by atoms with Crippen molar-refractivity contribution in [1.29, 1.82) is 0 Å². The summed E-state index contributed by atoms with van der Waals surface area (Å²) in [7, 11) is 1.73.